The molecule has 0 fully saturated rings. The van der Waals surface area contributed by atoms with Crippen molar-refractivity contribution in [3.63, 3.8) is 0 Å². The molecule has 162 valence electrons. The first-order valence-electron chi connectivity index (χ1n) is 10.1. The number of hydrogen-bond acceptors (Lipinski definition) is 6. The fourth-order valence-corrected chi connectivity index (χ4v) is 5.67. The van der Waals surface area contributed by atoms with Crippen LogP contribution in [-0.2, 0) is 23.6 Å². The summed E-state index contributed by atoms with van der Waals surface area (Å²) in [6.45, 7) is 14.5. The monoisotopic (exact) mass is 415 g/mol. The molecule has 0 aliphatic carbocycles. The van der Waals surface area contributed by atoms with Crippen LogP contribution in [0.1, 0.15) is 61.3 Å². The molecule has 0 N–H and O–H groups in total. The van der Waals surface area contributed by atoms with E-state index >= 15 is 0 Å². The highest BCUT2D eigenvalue weighted by Crippen LogP contribution is 2.54. The molecule has 28 heavy (non-hydrogen) atoms. The van der Waals surface area contributed by atoms with E-state index in [1.54, 1.807) is 0 Å². The molecule has 0 bridgehead atoms. The summed E-state index contributed by atoms with van der Waals surface area (Å²) in [5.74, 6) is 1.43. The van der Waals surface area contributed by atoms with Gasteiger partial charge < -0.3 is 14.0 Å². The van der Waals surface area contributed by atoms with Crippen LogP contribution in [0.5, 0.6) is 0 Å². The molecular weight excluding hydrogens is 377 g/mol. The summed E-state index contributed by atoms with van der Waals surface area (Å²) in [7, 11) is -2.40. The zero-order chi connectivity index (χ0) is 21.6. The Hall–Kier alpha value is -1.13. The molecular formula is C21H38NO5P. The smallest absolute Gasteiger partial charge is 0.311 e. The van der Waals surface area contributed by atoms with Crippen molar-refractivity contribution < 1.29 is 23.6 Å². The van der Waals surface area contributed by atoms with Gasteiger partial charge in [0.1, 0.15) is 20.4 Å². The Morgan fingerprint density at radius 3 is 2.04 bits per heavy atom. The molecule has 0 spiro atoms. The van der Waals surface area contributed by atoms with Crippen molar-refractivity contribution in [2.75, 3.05) is 38.8 Å². The molecule has 0 aromatic rings. The number of carbonyl (C=O) groups is 2. The number of allylic oxidation sites excluding steroid dienone is 1. The van der Waals surface area contributed by atoms with Crippen LogP contribution in [-0.4, -0.2) is 55.6 Å². The Labute approximate surface area is 170 Å². The minimum atomic E-state index is -2.40. The van der Waals surface area contributed by atoms with Crippen molar-refractivity contribution in [2.24, 2.45) is 10.8 Å². The maximum absolute atomic E-state index is 13.1. The molecule has 7 heteroatoms. The first-order valence-corrected chi connectivity index (χ1v) is 12.3. The van der Waals surface area contributed by atoms with Crippen LogP contribution in [0.15, 0.2) is 11.4 Å². The SMILES string of the molecule is CCC(C)(C)C(=O)OCCN(CCOC(=O)C(C)(C)C)CP1(=O)C=C(C)CC1. The first-order chi connectivity index (χ1) is 12.8. The largest absolute Gasteiger partial charge is 0.464 e. The minimum Gasteiger partial charge on any atom is -0.464 e. The normalized spacial score (nSPS) is 20.2. The molecule has 1 heterocycles. The average molecular weight is 416 g/mol. The molecule has 1 unspecified atom stereocenters. The number of ether oxygens (including phenoxy) is 2. The molecule has 6 nitrogen and oxygen atoms in total. The van der Waals surface area contributed by atoms with Gasteiger partial charge in [0.25, 0.3) is 0 Å². The van der Waals surface area contributed by atoms with Crippen LogP contribution in [0.2, 0.25) is 0 Å². The van der Waals surface area contributed by atoms with Crippen LogP contribution in [0.4, 0.5) is 0 Å². The van der Waals surface area contributed by atoms with Crippen LogP contribution >= 0.6 is 7.14 Å². The molecule has 1 rings (SSSR count). The maximum atomic E-state index is 13.1. The standard InChI is InChI=1S/C21H38NO5P/c1-8-21(6,7)19(24)27-13-11-22(10-12-26-18(23)20(3,4)5)16-28(25)14-9-17(2)15-28/h15H,8-14,16H2,1-7H3. The van der Waals surface area contributed by atoms with Crippen molar-refractivity contribution in [1.82, 2.24) is 4.90 Å². The number of esters is 2. The van der Waals surface area contributed by atoms with Gasteiger partial charge in [0.05, 0.1) is 17.1 Å². The Morgan fingerprint density at radius 1 is 1.07 bits per heavy atom. The van der Waals surface area contributed by atoms with Gasteiger partial charge in [-0.05, 0) is 60.2 Å². The van der Waals surface area contributed by atoms with Gasteiger partial charge in [-0.15, -0.1) is 0 Å². The third-order valence-electron chi connectivity index (χ3n) is 5.11. The van der Waals surface area contributed by atoms with Gasteiger partial charge >= 0.3 is 11.9 Å². The number of rotatable bonds is 10. The number of carbonyl (C=O) groups excluding carboxylic acids is 2. The second-order valence-corrected chi connectivity index (χ2v) is 12.3. The van der Waals surface area contributed by atoms with E-state index in [9.17, 15) is 14.2 Å². The summed E-state index contributed by atoms with van der Waals surface area (Å²) < 4.78 is 23.9. The second kappa shape index (κ2) is 10.1. The highest BCUT2D eigenvalue weighted by molar-refractivity contribution is 7.67. The minimum absolute atomic E-state index is 0.225. The lowest BCUT2D eigenvalue weighted by atomic mass is 9.91. The highest BCUT2D eigenvalue weighted by Gasteiger charge is 2.30. The van der Waals surface area contributed by atoms with Crippen molar-refractivity contribution in [1.29, 1.82) is 0 Å². The van der Waals surface area contributed by atoms with E-state index in [2.05, 4.69) is 0 Å². The zero-order valence-electron chi connectivity index (χ0n) is 18.7. The zero-order valence-corrected chi connectivity index (χ0v) is 19.6. The van der Waals surface area contributed by atoms with Crippen molar-refractivity contribution in [3.8, 4) is 0 Å². The Morgan fingerprint density at radius 2 is 1.61 bits per heavy atom. The van der Waals surface area contributed by atoms with Gasteiger partial charge in [-0.2, -0.15) is 0 Å². The van der Waals surface area contributed by atoms with Crippen LogP contribution in [0.25, 0.3) is 0 Å². The molecule has 0 aromatic carbocycles. The van der Waals surface area contributed by atoms with Gasteiger partial charge in [0, 0.05) is 19.3 Å². The summed E-state index contributed by atoms with van der Waals surface area (Å²) >= 11 is 0. The summed E-state index contributed by atoms with van der Waals surface area (Å²) in [4.78, 5) is 26.1. The molecule has 0 amide bonds. The lowest BCUT2D eigenvalue weighted by molar-refractivity contribution is -0.154. The van der Waals surface area contributed by atoms with Crippen molar-refractivity contribution >= 4 is 19.1 Å². The molecule has 0 radical (unpaired) electrons. The van der Waals surface area contributed by atoms with E-state index in [-0.39, 0.29) is 25.2 Å². The predicted octanol–water partition coefficient (Wildman–Crippen LogP) is 4.49. The first kappa shape index (κ1) is 24.9. The van der Waals surface area contributed by atoms with E-state index in [0.717, 1.165) is 6.42 Å². The van der Waals surface area contributed by atoms with Gasteiger partial charge in [-0.25, -0.2) is 0 Å². The summed E-state index contributed by atoms with van der Waals surface area (Å²) in [5, 5.41) is 0. The Balaban J connectivity index is 2.64. The molecule has 0 aromatic heterocycles. The maximum Gasteiger partial charge on any atom is 0.311 e. The van der Waals surface area contributed by atoms with Crippen LogP contribution in [0.3, 0.4) is 0 Å². The summed E-state index contributed by atoms with van der Waals surface area (Å²) in [6.07, 6.45) is 2.67. The second-order valence-electron chi connectivity index (χ2n) is 9.42. The van der Waals surface area contributed by atoms with Gasteiger partial charge in [0.2, 0.25) is 0 Å². The molecule has 1 atom stereocenters. The van der Waals surface area contributed by atoms with E-state index in [1.165, 1.54) is 5.57 Å². The van der Waals surface area contributed by atoms with Gasteiger partial charge in [-0.1, -0.05) is 12.5 Å². The molecule has 1 aliphatic heterocycles. The Bertz CT molecular complexity index is 633. The van der Waals surface area contributed by atoms with E-state index < -0.39 is 18.0 Å². The fourth-order valence-electron chi connectivity index (χ4n) is 2.69. The lowest BCUT2D eigenvalue weighted by Crippen LogP contribution is -2.35. The van der Waals surface area contributed by atoms with Gasteiger partial charge in [0.15, 0.2) is 0 Å². The Kier molecular flexibility index (Phi) is 8.95. The molecule has 0 saturated carbocycles. The summed E-state index contributed by atoms with van der Waals surface area (Å²) in [5.41, 5.74) is 0.105. The average Bonchev–Trinajstić information content (AvgIpc) is 2.92. The van der Waals surface area contributed by atoms with Crippen molar-refractivity contribution in [2.45, 2.75) is 61.3 Å². The third kappa shape index (κ3) is 8.08. The van der Waals surface area contributed by atoms with Crippen LogP contribution in [0, 0.1) is 10.8 Å². The predicted molar refractivity (Wildman–Crippen MR) is 113 cm³/mol. The van der Waals surface area contributed by atoms with E-state index in [0.29, 0.717) is 32.0 Å². The van der Waals surface area contributed by atoms with Crippen LogP contribution < -0.4 is 0 Å². The van der Waals surface area contributed by atoms with E-state index in [1.807, 2.05) is 59.2 Å². The fraction of sp³-hybridized carbons (Fsp3) is 0.810. The van der Waals surface area contributed by atoms with E-state index in [4.69, 9.17) is 9.47 Å². The quantitative estimate of drug-likeness (QED) is 0.387. The molecule has 0 saturated heterocycles. The third-order valence-corrected chi connectivity index (χ3v) is 7.88. The number of hydrogen-bond donors (Lipinski definition) is 0. The lowest BCUT2D eigenvalue weighted by Gasteiger charge is -2.26. The van der Waals surface area contributed by atoms with Gasteiger partial charge in [-0.3, -0.25) is 14.5 Å². The highest BCUT2D eigenvalue weighted by atomic mass is 31.2. The molecule has 1 aliphatic rings. The topological polar surface area (TPSA) is 72.9 Å². The summed E-state index contributed by atoms with van der Waals surface area (Å²) in [6, 6.07) is 0. The van der Waals surface area contributed by atoms with Crippen molar-refractivity contribution in [3.05, 3.63) is 11.4 Å². The number of nitrogens with zero attached hydrogens (tertiary/aromatic N) is 1.